The highest BCUT2D eigenvalue weighted by Crippen LogP contribution is 2.47. The quantitative estimate of drug-likeness (QED) is 0.231. The number of allylic oxidation sites excluding steroid dienone is 1. The fourth-order valence-corrected chi connectivity index (χ4v) is 6.46. The summed E-state index contributed by atoms with van der Waals surface area (Å²) in [6.45, 7) is 5.33. The smallest absolute Gasteiger partial charge is 0.379 e. The first-order valence-corrected chi connectivity index (χ1v) is 14.7. The van der Waals surface area contributed by atoms with Crippen molar-refractivity contribution >= 4 is 41.0 Å². The molecule has 5 rings (SSSR count). The minimum Gasteiger partial charge on any atom is -0.454 e. The molecule has 1 fully saturated rings. The van der Waals surface area contributed by atoms with Crippen molar-refractivity contribution in [3.8, 4) is 0 Å². The molecular formula is C32H32Cl2N2O6. The van der Waals surface area contributed by atoms with Gasteiger partial charge < -0.3 is 24.5 Å². The number of aliphatic hydroxyl groups excluding tert-OH is 1. The van der Waals surface area contributed by atoms with E-state index in [0.29, 0.717) is 51.8 Å². The standard InChI is InChI=1S/C32H32Cl2N2O6/c1-18(2)41-32(40)27-14-12-20(42-27)15-16-35-30(38)28-21-7-3-4-8-22(21)31(39)36(25-9-5-6-10-26(25)37)29(28)23-13-11-19(33)17-24(23)34/h3-4,7-8,11-14,17,25-26,28-29,37H,1,5-6,9-10,15-16H2,2H3,(H,35,38)/t25-,26-,28+,29-/m0/s1. The van der Waals surface area contributed by atoms with Crippen molar-refractivity contribution in [2.45, 2.75) is 63.1 Å². The Morgan fingerprint density at radius 1 is 1.10 bits per heavy atom. The van der Waals surface area contributed by atoms with Crippen LogP contribution in [0.25, 0.3) is 0 Å². The van der Waals surface area contributed by atoms with Crippen LogP contribution >= 0.6 is 23.2 Å². The predicted molar refractivity (Wildman–Crippen MR) is 158 cm³/mol. The van der Waals surface area contributed by atoms with Gasteiger partial charge in [-0.05, 0) is 61.2 Å². The Balaban J connectivity index is 1.47. The third-order valence-corrected chi connectivity index (χ3v) is 8.35. The van der Waals surface area contributed by atoms with Crippen LogP contribution in [0, 0.1) is 0 Å². The van der Waals surface area contributed by atoms with Crippen LogP contribution in [-0.4, -0.2) is 46.5 Å². The van der Waals surface area contributed by atoms with E-state index in [1.54, 1.807) is 60.4 Å². The lowest BCUT2D eigenvalue weighted by Crippen LogP contribution is -2.55. The average molecular weight is 612 g/mol. The molecular weight excluding hydrogens is 579 g/mol. The largest absolute Gasteiger partial charge is 0.454 e. The number of esters is 1. The van der Waals surface area contributed by atoms with Crippen LogP contribution < -0.4 is 5.32 Å². The predicted octanol–water partition coefficient (Wildman–Crippen LogP) is 6.22. The fourth-order valence-electron chi connectivity index (χ4n) is 5.94. The molecule has 10 heteroatoms. The van der Waals surface area contributed by atoms with E-state index in [0.717, 1.165) is 12.8 Å². The van der Waals surface area contributed by atoms with Crippen LogP contribution in [0.1, 0.15) is 82.4 Å². The van der Waals surface area contributed by atoms with Gasteiger partial charge in [0.25, 0.3) is 5.91 Å². The lowest BCUT2D eigenvalue weighted by atomic mass is 9.76. The number of amides is 2. The van der Waals surface area contributed by atoms with E-state index in [4.69, 9.17) is 32.4 Å². The molecule has 0 spiro atoms. The molecule has 1 aliphatic carbocycles. The van der Waals surface area contributed by atoms with Gasteiger partial charge in [0.05, 0.1) is 29.9 Å². The summed E-state index contributed by atoms with van der Waals surface area (Å²) in [6.07, 6.45) is 2.49. The molecule has 42 heavy (non-hydrogen) atoms. The number of nitrogens with one attached hydrogen (secondary N) is 1. The lowest BCUT2D eigenvalue weighted by Gasteiger charge is -2.48. The van der Waals surface area contributed by atoms with Gasteiger partial charge >= 0.3 is 5.97 Å². The maximum absolute atomic E-state index is 14.1. The van der Waals surface area contributed by atoms with Crippen molar-refractivity contribution in [1.29, 1.82) is 0 Å². The zero-order valence-corrected chi connectivity index (χ0v) is 24.7. The Hall–Kier alpha value is -3.59. The van der Waals surface area contributed by atoms with Gasteiger partial charge in [-0.3, -0.25) is 9.59 Å². The minimum atomic E-state index is -0.815. The van der Waals surface area contributed by atoms with E-state index in [1.807, 2.05) is 0 Å². The van der Waals surface area contributed by atoms with E-state index in [9.17, 15) is 19.5 Å². The van der Waals surface area contributed by atoms with Crippen LogP contribution in [0.5, 0.6) is 0 Å². The van der Waals surface area contributed by atoms with Crippen molar-refractivity contribution in [2.75, 3.05) is 6.54 Å². The highest BCUT2D eigenvalue weighted by molar-refractivity contribution is 6.35. The summed E-state index contributed by atoms with van der Waals surface area (Å²) in [4.78, 5) is 41.9. The van der Waals surface area contributed by atoms with Crippen molar-refractivity contribution in [2.24, 2.45) is 0 Å². The van der Waals surface area contributed by atoms with Gasteiger partial charge in [-0.2, -0.15) is 0 Å². The van der Waals surface area contributed by atoms with Crippen molar-refractivity contribution in [3.05, 3.63) is 105 Å². The zero-order valence-electron chi connectivity index (χ0n) is 23.1. The molecule has 3 aromatic rings. The summed E-state index contributed by atoms with van der Waals surface area (Å²) in [5.74, 6) is -1.23. The lowest BCUT2D eigenvalue weighted by molar-refractivity contribution is -0.125. The Bertz CT molecular complexity index is 1520. The zero-order chi connectivity index (χ0) is 30.0. The first kappa shape index (κ1) is 29.9. The molecule has 2 aliphatic rings. The first-order chi connectivity index (χ1) is 20.2. The molecule has 2 N–H and O–H groups in total. The van der Waals surface area contributed by atoms with E-state index in [1.165, 1.54) is 6.07 Å². The summed E-state index contributed by atoms with van der Waals surface area (Å²) in [7, 11) is 0. The number of nitrogens with zero attached hydrogens (tertiary/aromatic N) is 1. The van der Waals surface area contributed by atoms with Gasteiger partial charge in [0, 0.05) is 28.6 Å². The molecule has 2 aromatic carbocycles. The molecule has 1 aromatic heterocycles. The van der Waals surface area contributed by atoms with Gasteiger partial charge in [0.2, 0.25) is 11.7 Å². The Morgan fingerprint density at radius 2 is 1.86 bits per heavy atom. The summed E-state index contributed by atoms with van der Waals surface area (Å²) in [6, 6.07) is 14.0. The molecule has 0 saturated heterocycles. The fraction of sp³-hybridized carbons (Fsp3) is 0.344. The summed E-state index contributed by atoms with van der Waals surface area (Å²) >= 11 is 12.9. The monoisotopic (exact) mass is 610 g/mol. The van der Waals surface area contributed by atoms with Crippen molar-refractivity contribution in [1.82, 2.24) is 10.2 Å². The number of rotatable bonds is 8. The number of carbonyl (C=O) groups is 3. The summed E-state index contributed by atoms with van der Waals surface area (Å²) in [5, 5.41) is 14.8. The number of hydrogen-bond donors (Lipinski definition) is 2. The van der Waals surface area contributed by atoms with Crippen molar-refractivity contribution < 1.29 is 28.6 Å². The van der Waals surface area contributed by atoms with Gasteiger partial charge in [0.15, 0.2) is 0 Å². The maximum atomic E-state index is 14.1. The van der Waals surface area contributed by atoms with Gasteiger partial charge in [0.1, 0.15) is 5.76 Å². The number of carbonyl (C=O) groups excluding carboxylic acids is 3. The van der Waals surface area contributed by atoms with Gasteiger partial charge in [-0.15, -0.1) is 0 Å². The SMILES string of the molecule is C=C(C)OC(=O)c1ccc(CCNC(=O)[C@@H]2c3ccccc3C(=O)N([C@H]3CCCC[C@@H]3O)[C@H]2c2ccc(Cl)cc2Cl)o1. The Labute approximate surface area is 254 Å². The van der Waals surface area contributed by atoms with Gasteiger partial charge in [-0.1, -0.05) is 66.9 Å². The van der Waals surface area contributed by atoms with E-state index in [-0.39, 0.29) is 29.9 Å². The molecule has 2 amide bonds. The molecule has 0 unspecified atom stereocenters. The number of ether oxygens (including phenoxy) is 1. The molecule has 220 valence electrons. The van der Waals surface area contributed by atoms with Crippen LogP contribution in [0.3, 0.4) is 0 Å². The number of benzene rings is 2. The number of furan rings is 1. The Morgan fingerprint density at radius 3 is 2.60 bits per heavy atom. The number of halogens is 2. The number of fused-ring (bicyclic) bond motifs is 1. The topological polar surface area (TPSA) is 109 Å². The molecule has 2 heterocycles. The third-order valence-electron chi connectivity index (χ3n) is 7.79. The molecule has 8 nitrogen and oxygen atoms in total. The van der Waals surface area contributed by atoms with Crippen LogP contribution in [0.15, 0.2) is 71.4 Å². The van der Waals surface area contributed by atoms with E-state index in [2.05, 4.69) is 11.9 Å². The Kier molecular flexibility index (Phi) is 9.06. The third kappa shape index (κ3) is 6.11. The second-order valence-electron chi connectivity index (χ2n) is 10.7. The van der Waals surface area contributed by atoms with Crippen LogP contribution in [-0.2, 0) is 16.0 Å². The average Bonchev–Trinajstić information content (AvgIpc) is 3.43. The van der Waals surface area contributed by atoms with E-state index < -0.39 is 30.1 Å². The van der Waals surface area contributed by atoms with Crippen molar-refractivity contribution in [3.63, 3.8) is 0 Å². The first-order valence-electron chi connectivity index (χ1n) is 13.9. The summed E-state index contributed by atoms with van der Waals surface area (Å²) < 4.78 is 10.6. The molecule has 4 atom stereocenters. The normalized spacial score (nSPS) is 21.9. The number of aliphatic hydroxyl groups is 1. The highest BCUT2D eigenvalue weighted by atomic mass is 35.5. The second kappa shape index (κ2) is 12.7. The minimum absolute atomic E-state index is 0.0400. The molecule has 0 bridgehead atoms. The van der Waals surface area contributed by atoms with Crippen LogP contribution in [0.2, 0.25) is 10.0 Å². The summed E-state index contributed by atoms with van der Waals surface area (Å²) in [5.41, 5.74) is 1.58. The number of hydrogen-bond acceptors (Lipinski definition) is 6. The van der Waals surface area contributed by atoms with Gasteiger partial charge in [-0.25, -0.2) is 4.79 Å². The molecule has 1 aliphatic heterocycles. The maximum Gasteiger partial charge on any atom is 0.379 e. The second-order valence-corrected chi connectivity index (χ2v) is 11.5. The molecule has 0 radical (unpaired) electrons. The van der Waals surface area contributed by atoms with Crippen LogP contribution in [0.4, 0.5) is 0 Å². The highest BCUT2D eigenvalue weighted by Gasteiger charge is 2.48. The van der Waals surface area contributed by atoms with E-state index >= 15 is 0 Å². The molecule has 1 saturated carbocycles.